The summed E-state index contributed by atoms with van der Waals surface area (Å²) in [7, 11) is 0. The van der Waals surface area contributed by atoms with Crippen molar-refractivity contribution in [1.29, 1.82) is 0 Å². The fraction of sp³-hybridized carbons (Fsp3) is 0.300. The van der Waals surface area contributed by atoms with E-state index in [1.807, 2.05) is 23.6 Å². The van der Waals surface area contributed by atoms with Crippen molar-refractivity contribution in [2.75, 3.05) is 13.2 Å². The lowest BCUT2D eigenvalue weighted by Crippen LogP contribution is -2.36. The van der Waals surface area contributed by atoms with Crippen LogP contribution in [0.5, 0.6) is 0 Å². The Bertz CT molecular complexity index is 838. The van der Waals surface area contributed by atoms with E-state index in [4.69, 9.17) is 4.74 Å². The molecule has 0 saturated carbocycles. The first kappa shape index (κ1) is 17.0. The van der Waals surface area contributed by atoms with E-state index in [-0.39, 0.29) is 17.4 Å². The van der Waals surface area contributed by atoms with Crippen LogP contribution < -0.4 is 0 Å². The molecule has 2 atom stereocenters. The highest BCUT2D eigenvalue weighted by molar-refractivity contribution is 7.10. The molecule has 2 aromatic rings. The first-order valence-corrected chi connectivity index (χ1v) is 9.53. The Hall–Kier alpha value is -2.44. The van der Waals surface area contributed by atoms with Gasteiger partial charge in [-0.1, -0.05) is 36.4 Å². The van der Waals surface area contributed by atoms with E-state index < -0.39 is 17.7 Å². The summed E-state index contributed by atoms with van der Waals surface area (Å²) in [6, 6.07) is 12.1. The van der Waals surface area contributed by atoms with Crippen LogP contribution in [0.4, 0.5) is 0 Å². The molecule has 2 aliphatic rings. The summed E-state index contributed by atoms with van der Waals surface area (Å²) < 4.78 is 5.66. The molecule has 2 fully saturated rings. The van der Waals surface area contributed by atoms with Crippen molar-refractivity contribution < 1.29 is 19.4 Å². The van der Waals surface area contributed by atoms with Crippen molar-refractivity contribution in [3.05, 3.63) is 63.9 Å². The van der Waals surface area contributed by atoms with Crippen LogP contribution in [0.2, 0.25) is 0 Å². The number of carbonyl (C=O) groups is 2. The van der Waals surface area contributed by atoms with E-state index in [0.29, 0.717) is 18.7 Å². The van der Waals surface area contributed by atoms with Gasteiger partial charge in [0.2, 0.25) is 0 Å². The number of hydrogen-bond acceptors (Lipinski definition) is 5. The van der Waals surface area contributed by atoms with Gasteiger partial charge in [-0.2, -0.15) is 0 Å². The predicted molar refractivity (Wildman–Crippen MR) is 98.7 cm³/mol. The molecule has 4 rings (SSSR count). The molecule has 0 aliphatic carbocycles. The van der Waals surface area contributed by atoms with Gasteiger partial charge in [-0.05, 0) is 24.3 Å². The molecule has 1 aromatic carbocycles. The Kier molecular flexibility index (Phi) is 4.61. The monoisotopic (exact) mass is 369 g/mol. The van der Waals surface area contributed by atoms with Crippen LogP contribution in [0.3, 0.4) is 0 Å². The van der Waals surface area contributed by atoms with Gasteiger partial charge >= 0.3 is 0 Å². The Balaban J connectivity index is 1.79. The standard InChI is InChI=1S/C20H19NO4S/c22-18(13-6-2-1-3-7-13)16-17(15-9-5-11-26-15)21(20(24)19(16)23)12-14-8-4-10-25-14/h1-3,5-7,9,11,14,17,22H,4,8,10,12H2/b18-16+. The van der Waals surface area contributed by atoms with E-state index in [1.54, 1.807) is 29.2 Å². The molecule has 5 nitrogen and oxygen atoms in total. The molecule has 26 heavy (non-hydrogen) atoms. The largest absolute Gasteiger partial charge is 0.507 e. The maximum Gasteiger partial charge on any atom is 0.295 e. The summed E-state index contributed by atoms with van der Waals surface area (Å²) in [5.74, 6) is -1.34. The number of Topliss-reactive ketones (excluding diaryl/α,β-unsaturated/α-hetero) is 1. The predicted octanol–water partition coefficient (Wildman–Crippen LogP) is 3.35. The first-order chi connectivity index (χ1) is 12.7. The van der Waals surface area contributed by atoms with E-state index >= 15 is 0 Å². The average Bonchev–Trinajstić information content (AvgIpc) is 3.41. The molecule has 1 amide bonds. The van der Waals surface area contributed by atoms with Crippen LogP contribution >= 0.6 is 11.3 Å². The molecular formula is C20H19NO4S. The Morgan fingerprint density at radius 3 is 2.65 bits per heavy atom. The molecule has 3 heterocycles. The second kappa shape index (κ2) is 7.05. The Labute approximate surface area is 155 Å². The number of nitrogens with zero attached hydrogens (tertiary/aromatic N) is 1. The maximum atomic E-state index is 12.8. The number of likely N-dealkylation sites (tertiary alicyclic amines) is 1. The van der Waals surface area contributed by atoms with E-state index in [1.165, 1.54) is 11.3 Å². The Morgan fingerprint density at radius 2 is 2.00 bits per heavy atom. The summed E-state index contributed by atoms with van der Waals surface area (Å²) in [4.78, 5) is 27.9. The van der Waals surface area contributed by atoms with E-state index in [0.717, 1.165) is 17.7 Å². The number of aliphatic hydroxyl groups excluding tert-OH is 1. The smallest absolute Gasteiger partial charge is 0.295 e. The SMILES string of the molecule is O=C1C(=O)N(CC2CCCO2)C(c2cccs2)/C1=C(\O)c1ccccc1. The lowest BCUT2D eigenvalue weighted by Gasteiger charge is -2.26. The number of aliphatic hydroxyl groups is 1. The van der Waals surface area contributed by atoms with Gasteiger partial charge in [0.05, 0.1) is 17.7 Å². The number of amides is 1. The van der Waals surface area contributed by atoms with Crippen molar-refractivity contribution in [2.24, 2.45) is 0 Å². The summed E-state index contributed by atoms with van der Waals surface area (Å²) in [5.41, 5.74) is 0.686. The fourth-order valence-electron chi connectivity index (χ4n) is 3.57. The minimum atomic E-state index is -0.636. The van der Waals surface area contributed by atoms with Crippen LogP contribution in [-0.2, 0) is 14.3 Å². The van der Waals surface area contributed by atoms with E-state index in [9.17, 15) is 14.7 Å². The zero-order valence-corrected chi connectivity index (χ0v) is 14.9. The summed E-state index contributed by atoms with van der Waals surface area (Å²) in [6.07, 6.45) is 1.77. The second-order valence-electron chi connectivity index (χ2n) is 6.47. The van der Waals surface area contributed by atoms with Gasteiger partial charge in [0.1, 0.15) is 5.76 Å². The molecule has 0 spiro atoms. The van der Waals surface area contributed by atoms with Gasteiger partial charge in [-0.15, -0.1) is 11.3 Å². The number of thiophene rings is 1. The molecule has 134 valence electrons. The van der Waals surface area contributed by atoms with Crippen molar-refractivity contribution in [3.8, 4) is 0 Å². The quantitative estimate of drug-likeness (QED) is 0.510. The number of ketones is 1. The number of rotatable bonds is 4. The summed E-state index contributed by atoms with van der Waals surface area (Å²) >= 11 is 1.47. The van der Waals surface area contributed by atoms with Crippen molar-refractivity contribution in [1.82, 2.24) is 4.90 Å². The average molecular weight is 369 g/mol. The summed E-state index contributed by atoms with van der Waals surface area (Å²) in [6.45, 7) is 1.04. The lowest BCUT2D eigenvalue weighted by atomic mass is 10.00. The molecule has 2 saturated heterocycles. The minimum Gasteiger partial charge on any atom is -0.507 e. The normalized spacial score (nSPS) is 25.2. The van der Waals surface area contributed by atoms with Crippen LogP contribution in [0.25, 0.3) is 5.76 Å². The Morgan fingerprint density at radius 1 is 1.19 bits per heavy atom. The zero-order valence-electron chi connectivity index (χ0n) is 14.1. The maximum absolute atomic E-state index is 12.8. The third kappa shape index (κ3) is 2.95. The molecular weight excluding hydrogens is 350 g/mol. The zero-order chi connectivity index (χ0) is 18.1. The first-order valence-electron chi connectivity index (χ1n) is 8.65. The number of benzene rings is 1. The van der Waals surface area contributed by atoms with Crippen molar-refractivity contribution in [3.63, 3.8) is 0 Å². The number of ether oxygens (including phenoxy) is 1. The van der Waals surface area contributed by atoms with Crippen LogP contribution in [0.1, 0.15) is 29.3 Å². The minimum absolute atomic E-state index is 0.0626. The van der Waals surface area contributed by atoms with Gasteiger partial charge < -0.3 is 14.7 Å². The third-order valence-electron chi connectivity index (χ3n) is 4.82. The third-order valence-corrected chi connectivity index (χ3v) is 5.75. The van der Waals surface area contributed by atoms with Gasteiger partial charge in [-0.25, -0.2) is 0 Å². The second-order valence-corrected chi connectivity index (χ2v) is 7.45. The molecule has 1 N–H and O–H groups in total. The molecule has 0 bridgehead atoms. The molecule has 1 aromatic heterocycles. The van der Waals surface area contributed by atoms with Gasteiger partial charge in [0.15, 0.2) is 0 Å². The van der Waals surface area contributed by atoms with Crippen LogP contribution in [0.15, 0.2) is 53.4 Å². The van der Waals surface area contributed by atoms with E-state index in [2.05, 4.69) is 0 Å². The number of carbonyl (C=O) groups excluding carboxylic acids is 2. The molecule has 2 aliphatic heterocycles. The van der Waals surface area contributed by atoms with Gasteiger partial charge in [0, 0.05) is 23.6 Å². The highest BCUT2D eigenvalue weighted by Gasteiger charge is 2.47. The topological polar surface area (TPSA) is 66.8 Å². The van der Waals surface area contributed by atoms with Gasteiger partial charge in [0.25, 0.3) is 11.7 Å². The van der Waals surface area contributed by atoms with Crippen LogP contribution in [-0.4, -0.2) is 41.0 Å². The number of hydrogen-bond donors (Lipinski definition) is 1. The van der Waals surface area contributed by atoms with Crippen LogP contribution in [0, 0.1) is 0 Å². The van der Waals surface area contributed by atoms with Crippen molar-refractivity contribution in [2.45, 2.75) is 25.0 Å². The van der Waals surface area contributed by atoms with Gasteiger partial charge in [-0.3, -0.25) is 9.59 Å². The highest BCUT2D eigenvalue weighted by atomic mass is 32.1. The lowest BCUT2D eigenvalue weighted by molar-refractivity contribution is -0.140. The molecule has 0 radical (unpaired) electrons. The fourth-order valence-corrected chi connectivity index (χ4v) is 4.42. The molecule has 6 heteroatoms. The summed E-state index contributed by atoms with van der Waals surface area (Å²) in [5, 5.41) is 12.7. The van der Waals surface area contributed by atoms with Crippen molar-refractivity contribution >= 4 is 28.8 Å². The molecule has 2 unspecified atom stereocenters. The highest BCUT2D eigenvalue weighted by Crippen LogP contribution is 2.41.